The highest BCUT2D eigenvalue weighted by atomic mass is 19.3. The summed E-state index contributed by atoms with van der Waals surface area (Å²) in [4.78, 5) is 0. The number of benzene rings is 1. The molecule has 2 rings (SSSR count). The standard InChI is InChI=1S/C13H14F2N2O2/c14-13(15)19-11-3-1-2-10(7-11)12(17-16)6-9-4-5-18-8-9/h1-5,7-8,12-13,17H,6,16H2. The largest absolute Gasteiger partial charge is 0.472 e. The van der Waals surface area contributed by atoms with E-state index in [2.05, 4.69) is 10.2 Å². The molecule has 102 valence electrons. The molecule has 0 saturated carbocycles. The molecule has 0 saturated heterocycles. The molecule has 3 N–H and O–H groups in total. The molecule has 0 amide bonds. The van der Waals surface area contributed by atoms with Gasteiger partial charge in [0.15, 0.2) is 0 Å². The highest BCUT2D eigenvalue weighted by Crippen LogP contribution is 2.23. The summed E-state index contributed by atoms with van der Waals surface area (Å²) in [6, 6.07) is 8.07. The van der Waals surface area contributed by atoms with E-state index in [4.69, 9.17) is 10.3 Å². The van der Waals surface area contributed by atoms with E-state index in [1.165, 1.54) is 12.1 Å². The van der Waals surface area contributed by atoms with Crippen LogP contribution >= 0.6 is 0 Å². The number of hydrazine groups is 1. The monoisotopic (exact) mass is 268 g/mol. The van der Waals surface area contributed by atoms with Crippen molar-refractivity contribution in [2.24, 2.45) is 5.84 Å². The number of hydrogen-bond donors (Lipinski definition) is 2. The molecule has 1 atom stereocenters. The zero-order valence-corrected chi connectivity index (χ0v) is 10.1. The van der Waals surface area contributed by atoms with Crippen molar-refractivity contribution in [2.45, 2.75) is 19.1 Å². The maximum Gasteiger partial charge on any atom is 0.387 e. The van der Waals surface area contributed by atoms with Crippen LogP contribution in [-0.4, -0.2) is 6.61 Å². The van der Waals surface area contributed by atoms with Crippen LogP contribution in [0.25, 0.3) is 0 Å². The average molecular weight is 268 g/mol. The molecule has 0 radical (unpaired) electrons. The van der Waals surface area contributed by atoms with E-state index in [9.17, 15) is 8.78 Å². The first kappa shape index (κ1) is 13.5. The summed E-state index contributed by atoms with van der Waals surface area (Å²) < 4.78 is 33.7. The summed E-state index contributed by atoms with van der Waals surface area (Å²) >= 11 is 0. The fourth-order valence-corrected chi connectivity index (χ4v) is 1.82. The third kappa shape index (κ3) is 3.77. The number of nitrogens with two attached hydrogens (primary N) is 1. The van der Waals surface area contributed by atoms with Crippen molar-refractivity contribution in [3.05, 3.63) is 54.0 Å². The number of alkyl halides is 2. The van der Waals surface area contributed by atoms with E-state index >= 15 is 0 Å². The smallest absolute Gasteiger partial charge is 0.387 e. The molecule has 0 fully saturated rings. The molecule has 1 heterocycles. The summed E-state index contributed by atoms with van der Waals surface area (Å²) in [5.41, 5.74) is 4.38. The summed E-state index contributed by atoms with van der Waals surface area (Å²) in [6.45, 7) is -2.84. The molecule has 0 aliphatic heterocycles. The third-order valence-corrected chi connectivity index (χ3v) is 2.71. The Labute approximate surface area is 109 Å². The van der Waals surface area contributed by atoms with E-state index in [1.54, 1.807) is 24.7 Å². The number of hydrogen-bond acceptors (Lipinski definition) is 4. The summed E-state index contributed by atoms with van der Waals surface area (Å²) in [5.74, 6) is 5.61. The van der Waals surface area contributed by atoms with Crippen molar-refractivity contribution in [3.63, 3.8) is 0 Å². The van der Waals surface area contributed by atoms with E-state index in [0.29, 0.717) is 6.42 Å². The molecule has 1 aromatic carbocycles. The number of halogens is 2. The maximum atomic E-state index is 12.2. The van der Waals surface area contributed by atoms with Crippen LogP contribution in [0.5, 0.6) is 5.75 Å². The number of nitrogens with one attached hydrogen (secondary N) is 1. The van der Waals surface area contributed by atoms with Gasteiger partial charge in [-0.1, -0.05) is 12.1 Å². The van der Waals surface area contributed by atoms with Crippen molar-refractivity contribution in [3.8, 4) is 5.75 Å². The van der Waals surface area contributed by atoms with Crippen LogP contribution < -0.4 is 16.0 Å². The first-order chi connectivity index (χ1) is 9.19. The molecule has 1 unspecified atom stereocenters. The van der Waals surface area contributed by atoms with Gasteiger partial charge in [0, 0.05) is 0 Å². The Bertz CT molecular complexity index is 503. The van der Waals surface area contributed by atoms with Crippen LogP contribution in [0, 0.1) is 0 Å². The lowest BCUT2D eigenvalue weighted by Gasteiger charge is -2.16. The molecule has 4 nitrogen and oxygen atoms in total. The highest BCUT2D eigenvalue weighted by Gasteiger charge is 2.13. The Morgan fingerprint density at radius 2 is 2.16 bits per heavy atom. The molecule has 2 aromatic rings. The van der Waals surface area contributed by atoms with Gasteiger partial charge in [-0.05, 0) is 35.7 Å². The van der Waals surface area contributed by atoms with E-state index in [0.717, 1.165) is 11.1 Å². The third-order valence-electron chi connectivity index (χ3n) is 2.71. The van der Waals surface area contributed by atoms with Crippen LogP contribution in [0.1, 0.15) is 17.2 Å². The van der Waals surface area contributed by atoms with Crippen molar-refractivity contribution in [1.29, 1.82) is 0 Å². The predicted octanol–water partition coefficient (Wildman–Crippen LogP) is 2.63. The SMILES string of the molecule is NNC(Cc1ccoc1)c1cccc(OC(F)F)c1. The molecule has 19 heavy (non-hydrogen) atoms. The molecule has 1 aromatic heterocycles. The van der Waals surface area contributed by atoms with Crippen LogP contribution in [0.15, 0.2) is 47.3 Å². The van der Waals surface area contributed by atoms with Gasteiger partial charge >= 0.3 is 6.61 Å². The van der Waals surface area contributed by atoms with Gasteiger partial charge in [-0.15, -0.1) is 0 Å². The topological polar surface area (TPSA) is 60.4 Å². The van der Waals surface area contributed by atoms with Gasteiger partial charge in [0.25, 0.3) is 0 Å². The fourth-order valence-electron chi connectivity index (χ4n) is 1.82. The Kier molecular flexibility index (Phi) is 4.48. The van der Waals surface area contributed by atoms with Crippen molar-refractivity contribution in [2.75, 3.05) is 0 Å². The van der Waals surface area contributed by atoms with Gasteiger partial charge in [0.05, 0.1) is 18.6 Å². The Morgan fingerprint density at radius 3 is 2.79 bits per heavy atom. The van der Waals surface area contributed by atoms with Crippen molar-refractivity contribution < 1.29 is 17.9 Å². The van der Waals surface area contributed by atoms with Gasteiger partial charge < -0.3 is 9.15 Å². The molecule has 0 aliphatic rings. The molecule has 0 aliphatic carbocycles. The summed E-state index contributed by atoms with van der Waals surface area (Å²) in [6.07, 6.45) is 3.77. The Morgan fingerprint density at radius 1 is 1.32 bits per heavy atom. The Hall–Kier alpha value is -1.92. The number of ether oxygens (including phenoxy) is 1. The molecular weight excluding hydrogens is 254 g/mol. The average Bonchev–Trinajstić information content (AvgIpc) is 2.88. The van der Waals surface area contributed by atoms with Crippen molar-refractivity contribution >= 4 is 0 Å². The summed E-state index contributed by atoms with van der Waals surface area (Å²) in [7, 11) is 0. The predicted molar refractivity (Wildman–Crippen MR) is 65.6 cm³/mol. The summed E-state index contributed by atoms with van der Waals surface area (Å²) in [5, 5.41) is 0. The lowest BCUT2D eigenvalue weighted by atomic mass is 10.0. The molecule has 6 heteroatoms. The van der Waals surface area contributed by atoms with Crippen LogP contribution in [-0.2, 0) is 6.42 Å². The minimum atomic E-state index is -2.84. The lowest BCUT2D eigenvalue weighted by Crippen LogP contribution is -2.29. The first-order valence-corrected chi connectivity index (χ1v) is 5.71. The van der Waals surface area contributed by atoms with Crippen LogP contribution in [0.3, 0.4) is 0 Å². The van der Waals surface area contributed by atoms with Crippen LogP contribution in [0.4, 0.5) is 8.78 Å². The highest BCUT2D eigenvalue weighted by molar-refractivity contribution is 5.31. The minimum Gasteiger partial charge on any atom is -0.472 e. The number of rotatable bonds is 6. The second-order valence-electron chi connectivity index (χ2n) is 4.01. The van der Waals surface area contributed by atoms with E-state index in [-0.39, 0.29) is 11.8 Å². The van der Waals surface area contributed by atoms with Gasteiger partial charge in [-0.2, -0.15) is 8.78 Å². The second-order valence-corrected chi connectivity index (χ2v) is 4.01. The Balaban J connectivity index is 2.13. The molecule has 0 spiro atoms. The fraction of sp³-hybridized carbons (Fsp3) is 0.231. The number of furan rings is 1. The quantitative estimate of drug-likeness (QED) is 0.624. The van der Waals surface area contributed by atoms with Gasteiger partial charge in [0.2, 0.25) is 0 Å². The van der Waals surface area contributed by atoms with Crippen molar-refractivity contribution in [1.82, 2.24) is 5.43 Å². The van der Waals surface area contributed by atoms with E-state index < -0.39 is 6.61 Å². The molecular formula is C13H14F2N2O2. The zero-order chi connectivity index (χ0) is 13.7. The zero-order valence-electron chi connectivity index (χ0n) is 10.1. The minimum absolute atomic E-state index is 0.111. The lowest BCUT2D eigenvalue weighted by molar-refractivity contribution is -0.0499. The van der Waals surface area contributed by atoms with Gasteiger partial charge in [-0.3, -0.25) is 11.3 Å². The van der Waals surface area contributed by atoms with E-state index in [1.807, 2.05) is 6.07 Å². The normalized spacial score (nSPS) is 12.6. The second kappa shape index (κ2) is 6.31. The van der Waals surface area contributed by atoms with Gasteiger partial charge in [-0.25, -0.2) is 0 Å². The van der Waals surface area contributed by atoms with Crippen LogP contribution in [0.2, 0.25) is 0 Å². The van der Waals surface area contributed by atoms with Gasteiger partial charge in [0.1, 0.15) is 5.75 Å². The maximum absolute atomic E-state index is 12.2. The first-order valence-electron chi connectivity index (χ1n) is 5.71. The molecule has 0 bridgehead atoms.